The monoisotopic (exact) mass is 207 g/mol. The van der Waals surface area contributed by atoms with Crippen molar-refractivity contribution in [2.45, 2.75) is 12.3 Å². The lowest BCUT2D eigenvalue weighted by Crippen LogP contribution is -2.20. The zero-order chi connectivity index (χ0) is 11.3. The summed E-state index contributed by atoms with van der Waals surface area (Å²) >= 11 is 0. The zero-order valence-electron chi connectivity index (χ0n) is 9.61. The highest BCUT2D eigenvalue weighted by Gasteiger charge is 2.09. The van der Waals surface area contributed by atoms with E-state index in [0.29, 0.717) is 12.5 Å². The molecule has 1 aromatic rings. The van der Waals surface area contributed by atoms with Crippen LogP contribution in [0.15, 0.2) is 24.3 Å². The molecule has 0 heterocycles. The molecule has 0 saturated heterocycles. The van der Waals surface area contributed by atoms with Crippen molar-refractivity contribution in [3.63, 3.8) is 0 Å². The highest BCUT2D eigenvalue weighted by Crippen LogP contribution is 2.19. The number of nitrogens with zero attached hydrogens (tertiary/aromatic N) is 1. The fourth-order valence-electron chi connectivity index (χ4n) is 1.60. The van der Waals surface area contributed by atoms with Crippen LogP contribution in [-0.2, 0) is 0 Å². The average Bonchev–Trinajstić information content (AvgIpc) is 2.21. The standard InChI is InChI=1S/C12H21N3/c1-15(2)8-7-11(9-13)10-3-5-12(14)6-4-10/h3-6,11H,7-9,13-14H2,1-2H3. The van der Waals surface area contributed by atoms with Gasteiger partial charge >= 0.3 is 0 Å². The van der Waals surface area contributed by atoms with Crippen LogP contribution in [0, 0.1) is 0 Å². The van der Waals surface area contributed by atoms with Crippen LogP contribution in [0.4, 0.5) is 5.69 Å². The van der Waals surface area contributed by atoms with Gasteiger partial charge in [-0.05, 0) is 57.2 Å². The molecule has 1 atom stereocenters. The Hall–Kier alpha value is -1.06. The molecule has 84 valence electrons. The number of benzene rings is 1. The van der Waals surface area contributed by atoms with E-state index in [1.54, 1.807) is 0 Å². The number of anilines is 1. The first-order valence-corrected chi connectivity index (χ1v) is 5.33. The van der Waals surface area contributed by atoms with Gasteiger partial charge in [-0.25, -0.2) is 0 Å². The van der Waals surface area contributed by atoms with Crippen molar-refractivity contribution in [2.75, 3.05) is 32.9 Å². The van der Waals surface area contributed by atoms with E-state index in [0.717, 1.165) is 18.7 Å². The Morgan fingerprint density at radius 3 is 2.27 bits per heavy atom. The van der Waals surface area contributed by atoms with E-state index in [2.05, 4.69) is 31.1 Å². The Morgan fingerprint density at radius 1 is 1.20 bits per heavy atom. The van der Waals surface area contributed by atoms with E-state index in [4.69, 9.17) is 11.5 Å². The minimum atomic E-state index is 0.438. The lowest BCUT2D eigenvalue weighted by Gasteiger charge is -2.18. The first kappa shape index (κ1) is 12.0. The maximum atomic E-state index is 5.78. The third-order valence-electron chi connectivity index (χ3n) is 2.62. The molecule has 0 radical (unpaired) electrons. The van der Waals surface area contributed by atoms with Gasteiger partial charge in [0.2, 0.25) is 0 Å². The second-order valence-corrected chi connectivity index (χ2v) is 4.19. The summed E-state index contributed by atoms with van der Waals surface area (Å²) in [5, 5.41) is 0. The molecule has 1 rings (SSSR count). The van der Waals surface area contributed by atoms with Crippen molar-refractivity contribution in [3.05, 3.63) is 29.8 Å². The second kappa shape index (κ2) is 5.73. The van der Waals surface area contributed by atoms with E-state index in [1.807, 2.05) is 12.1 Å². The predicted molar refractivity (Wildman–Crippen MR) is 65.8 cm³/mol. The zero-order valence-corrected chi connectivity index (χ0v) is 9.61. The second-order valence-electron chi connectivity index (χ2n) is 4.19. The van der Waals surface area contributed by atoms with E-state index < -0.39 is 0 Å². The van der Waals surface area contributed by atoms with E-state index in [-0.39, 0.29) is 0 Å². The van der Waals surface area contributed by atoms with Crippen molar-refractivity contribution in [1.82, 2.24) is 4.90 Å². The predicted octanol–water partition coefficient (Wildman–Crippen LogP) is 1.26. The smallest absolute Gasteiger partial charge is 0.0314 e. The highest BCUT2D eigenvalue weighted by molar-refractivity contribution is 5.40. The van der Waals surface area contributed by atoms with Crippen LogP contribution < -0.4 is 11.5 Å². The molecule has 0 aliphatic carbocycles. The Labute approximate surface area is 92.1 Å². The molecule has 0 bridgehead atoms. The van der Waals surface area contributed by atoms with Crippen LogP contribution in [-0.4, -0.2) is 32.1 Å². The first-order chi connectivity index (χ1) is 7.13. The third-order valence-corrected chi connectivity index (χ3v) is 2.62. The summed E-state index contributed by atoms with van der Waals surface area (Å²) in [5.74, 6) is 0.438. The number of nitrogen functional groups attached to an aromatic ring is 1. The summed E-state index contributed by atoms with van der Waals surface area (Å²) in [6.07, 6.45) is 1.09. The molecule has 0 saturated carbocycles. The molecule has 1 aromatic carbocycles. The first-order valence-electron chi connectivity index (χ1n) is 5.33. The molecule has 4 N–H and O–H groups in total. The largest absolute Gasteiger partial charge is 0.399 e. The van der Waals surface area contributed by atoms with Gasteiger partial charge in [0.05, 0.1) is 0 Å². The Morgan fingerprint density at radius 2 is 1.80 bits per heavy atom. The van der Waals surface area contributed by atoms with Crippen LogP contribution in [0.3, 0.4) is 0 Å². The molecule has 0 aliphatic heterocycles. The maximum Gasteiger partial charge on any atom is 0.0314 e. The molecular weight excluding hydrogens is 186 g/mol. The summed E-state index contributed by atoms with van der Waals surface area (Å²) in [7, 11) is 4.16. The van der Waals surface area contributed by atoms with Crippen LogP contribution in [0.5, 0.6) is 0 Å². The maximum absolute atomic E-state index is 5.78. The summed E-state index contributed by atoms with van der Waals surface area (Å²) in [6.45, 7) is 1.75. The fourth-order valence-corrected chi connectivity index (χ4v) is 1.60. The highest BCUT2D eigenvalue weighted by atomic mass is 15.0. The van der Waals surface area contributed by atoms with Crippen LogP contribution >= 0.6 is 0 Å². The van der Waals surface area contributed by atoms with Gasteiger partial charge in [0.15, 0.2) is 0 Å². The molecular formula is C12H21N3. The fraction of sp³-hybridized carbons (Fsp3) is 0.500. The van der Waals surface area contributed by atoms with Gasteiger partial charge in [-0.3, -0.25) is 0 Å². The molecule has 0 amide bonds. The van der Waals surface area contributed by atoms with E-state index in [9.17, 15) is 0 Å². The lowest BCUT2D eigenvalue weighted by molar-refractivity contribution is 0.382. The molecule has 0 fully saturated rings. The van der Waals surface area contributed by atoms with Crippen LogP contribution in [0.2, 0.25) is 0 Å². The van der Waals surface area contributed by atoms with Crippen LogP contribution in [0.25, 0.3) is 0 Å². The lowest BCUT2D eigenvalue weighted by atomic mass is 9.95. The molecule has 0 spiro atoms. The van der Waals surface area contributed by atoms with Crippen molar-refractivity contribution in [3.8, 4) is 0 Å². The molecule has 0 aliphatic rings. The number of hydrogen-bond acceptors (Lipinski definition) is 3. The molecule has 15 heavy (non-hydrogen) atoms. The van der Waals surface area contributed by atoms with Gasteiger partial charge in [0.1, 0.15) is 0 Å². The van der Waals surface area contributed by atoms with Crippen molar-refractivity contribution < 1.29 is 0 Å². The number of rotatable bonds is 5. The van der Waals surface area contributed by atoms with Gasteiger partial charge in [-0.2, -0.15) is 0 Å². The minimum absolute atomic E-state index is 0.438. The molecule has 0 aromatic heterocycles. The summed E-state index contributed by atoms with van der Waals surface area (Å²) in [5.41, 5.74) is 13.5. The quantitative estimate of drug-likeness (QED) is 0.715. The summed E-state index contributed by atoms with van der Waals surface area (Å²) in [4.78, 5) is 2.18. The van der Waals surface area contributed by atoms with Gasteiger partial charge in [0.25, 0.3) is 0 Å². The van der Waals surface area contributed by atoms with Gasteiger partial charge in [0, 0.05) is 5.69 Å². The number of nitrogens with two attached hydrogens (primary N) is 2. The Balaban J connectivity index is 2.61. The third kappa shape index (κ3) is 3.90. The summed E-state index contributed by atoms with van der Waals surface area (Å²) in [6, 6.07) is 8.02. The normalized spacial score (nSPS) is 13.1. The van der Waals surface area contributed by atoms with Crippen LogP contribution in [0.1, 0.15) is 17.9 Å². The number of hydrogen-bond donors (Lipinski definition) is 2. The van der Waals surface area contributed by atoms with Gasteiger partial charge < -0.3 is 16.4 Å². The van der Waals surface area contributed by atoms with Crippen molar-refractivity contribution in [1.29, 1.82) is 0 Å². The Bertz CT molecular complexity index is 279. The molecule has 3 nitrogen and oxygen atoms in total. The Kier molecular flexibility index (Phi) is 4.59. The topological polar surface area (TPSA) is 55.3 Å². The summed E-state index contributed by atoms with van der Waals surface area (Å²) < 4.78 is 0. The van der Waals surface area contributed by atoms with E-state index in [1.165, 1.54) is 5.56 Å². The average molecular weight is 207 g/mol. The minimum Gasteiger partial charge on any atom is -0.399 e. The molecule has 3 heteroatoms. The van der Waals surface area contributed by atoms with E-state index >= 15 is 0 Å². The van der Waals surface area contributed by atoms with Crippen molar-refractivity contribution in [2.24, 2.45) is 5.73 Å². The van der Waals surface area contributed by atoms with Crippen molar-refractivity contribution >= 4 is 5.69 Å². The molecule has 1 unspecified atom stereocenters. The van der Waals surface area contributed by atoms with Gasteiger partial charge in [-0.15, -0.1) is 0 Å². The SMILES string of the molecule is CN(C)CCC(CN)c1ccc(N)cc1. The van der Waals surface area contributed by atoms with Gasteiger partial charge in [-0.1, -0.05) is 12.1 Å².